The molecule has 1 atom stereocenters. The second-order valence-corrected chi connectivity index (χ2v) is 4.77. The maximum atomic E-state index is 12.3. The number of fused-ring (bicyclic) bond motifs is 1. The van der Waals surface area contributed by atoms with Gasteiger partial charge in [0.1, 0.15) is 6.04 Å². The van der Waals surface area contributed by atoms with Crippen LogP contribution in [0.15, 0.2) is 18.2 Å². The average molecular weight is 263 g/mol. The van der Waals surface area contributed by atoms with Crippen molar-refractivity contribution < 1.29 is 14.4 Å². The molecule has 1 aromatic rings. The van der Waals surface area contributed by atoms with E-state index in [0.717, 1.165) is 5.56 Å². The summed E-state index contributed by atoms with van der Waals surface area (Å²) in [6.07, 6.45) is 0.621. The van der Waals surface area contributed by atoms with Gasteiger partial charge in [0, 0.05) is 29.8 Å². The van der Waals surface area contributed by atoms with Crippen molar-refractivity contribution in [3.05, 3.63) is 29.3 Å². The van der Waals surface area contributed by atoms with Crippen molar-refractivity contribution in [2.45, 2.75) is 25.4 Å². The van der Waals surface area contributed by atoms with Gasteiger partial charge in [-0.1, -0.05) is 6.07 Å². The van der Waals surface area contributed by atoms with E-state index in [1.54, 1.807) is 18.2 Å². The smallest absolute Gasteiger partial charge is 0.255 e. The van der Waals surface area contributed by atoms with E-state index in [0.29, 0.717) is 24.2 Å². The van der Waals surface area contributed by atoms with Gasteiger partial charge in [0.05, 0.1) is 0 Å². The zero-order chi connectivity index (χ0) is 13.6. The van der Waals surface area contributed by atoms with Gasteiger partial charge in [-0.15, -0.1) is 0 Å². The standard InChI is InChI=1S/C13H13N3O3/c14-9-3-1-2-7-8(9)6-16(13(7)19)10-4-5-11(17)15-12(10)18/h1-3,10H,4-6,14H2,(H,15,17,18)/i4+1,5+1,10+1,11+1. The quantitative estimate of drug-likeness (QED) is 0.425. The van der Waals surface area contributed by atoms with Gasteiger partial charge in [-0.2, -0.15) is 0 Å². The molecule has 98 valence electrons. The Morgan fingerprint density at radius 1 is 1.26 bits per heavy atom. The largest absolute Gasteiger partial charge is 0.398 e. The minimum Gasteiger partial charge on any atom is -0.398 e. The number of nitrogens with zero attached hydrogens (tertiary/aromatic N) is 1. The summed E-state index contributed by atoms with van der Waals surface area (Å²) < 4.78 is 0. The molecule has 6 heteroatoms. The lowest BCUT2D eigenvalue weighted by molar-refractivity contribution is -0.136. The number of piperidine rings is 1. The highest BCUT2D eigenvalue weighted by Gasteiger charge is 2.39. The molecule has 0 bridgehead atoms. The summed E-state index contributed by atoms with van der Waals surface area (Å²) in [5.41, 5.74) is 7.71. The average Bonchev–Trinajstić information content (AvgIpc) is 2.69. The molecule has 0 aliphatic carbocycles. The van der Waals surface area contributed by atoms with E-state index in [-0.39, 0.29) is 18.2 Å². The van der Waals surface area contributed by atoms with Crippen LogP contribution in [0.1, 0.15) is 28.8 Å². The van der Waals surface area contributed by atoms with Gasteiger partial charge in [0.25, 0.3) is 5.91 Å². The number of anilines is 1. The van der Waals surface area contributed by atoms with Crippen molar-refractivity contribution in [1.82, 2.24) is 10.2 Å². The number of carbonyl (C=O) groups is 3. The monoisotopic (exact) mass is 263 g/mol. The van der Waals surface area contributed by atoms with Gasteiger partial charge >= 0.3 is 0 Å². The predicted molar refractivity (Wildman–Crippen MR) is 66.9 cm³/mol. The number of nitrogens with two attached hydrogens (primary N) is 1. The Morgan fingerprint density at radius 3 is 2.74 bits per heavy atom. The first-order valence-corrected chi connectivity index (χ1v) is 6.10. The van der Waals surface area contributed by atoms with E-state index < -0.39 is 11.9 Å². The molecule has 3 N–H and O–H groups in total. The number of carbonyl (C=O) groups excluding carboxylic acids is 3. The second kappa shape index (κ2) is 4.08. The number of hydrogen-bond acceptors (Lipinski definition) is 4. The number of amides is 3. The fraction of sp³-hybridized carbons (Fsp3) is 0.308. The van der Waals surface area contributed by atoms with Gasteiger partial charge in [-0.25, -0.2) is 0 Å². The van der Waals surface area contributed by atoms with Crippen LogP contribution < -0.4 is 11.1 Å². The fourth-order valence-corrected chi connectivity index (χ4v) is 2.61. The number of imide groups is 1. The molecule has 0 aromatic heterocycles. The molecule has 3 rings (SSSR count). The Kier molecular flexibility index (Phi) is 2.51. The van der Waals surface area contributed by atoms with Crippen molar-refractivity contribution in [3.63, 3.8) is 0 Å². The molecule has 1 unspecified atom stereocenters. The molecule has 1 aromatic carbocycles. The number of hydrogen-bond donors (Lipinski definition) is 2. The Bertz CT molecular complexity index is 597. The first-order valence-electron chi connectivity index (χ1n) is 6.10. The first kappa shape index (κ1) is 11.7. The molecule has 0 saturated carbocycles. The molecular weight excluding hydrogens is 250 g/mol. The van der Waals surface area contributed by atoms with Crippen LogP contribution in [0.3, 0.4) is 0 Å². The first-order chi connectivity index (χ1) is 9.08. The van der Waals surface area contributed by atoms with Crippen molar-refractivity contribution in [2.75, 3.05) is 5.73 Å². The lowest BCUT2D eigenvalue weighted by atomic mass is 10.1. The molecule has 6 nitrogen and oxygen atoms in total. The van der Waals surface area contributed by atoms with E-state index in [4.69, 9.17) is 5.73 Å². The summed E-state index contributed by atoms with van der Waals surface area (Å²) in [4.78, 5) is 36.7. The van der Waals surface area contributed by atoms with Crippen LogP contribution in [-0.2, 0) is 16.1 Å². The van der Waals surface area contributed by atoms with Gasteiger partial charge < -0.3 is 10.6 Å². The highest BCUT2D eigenvalue weighted by molar-refractivity contribution is 6.06. The van der Waals surface area contributed by atoms with E-state index in [1.165, 1.54) is 4.90 Å². The minimum absolute atomic E-state index is 0.197. The van der Waals surface area contributed by atoms with E-state index >= 15 is 0 Å². The molecule has 1 saturated heterocycles. The number of benzene rings is 1. The molecule has 3 amide bonds. The summed E-state index contributed by atoms with van der Waals surface area (Å²) in [6, 6.07) is 4.58. The SMILES string of the molecule is Nc1cccc2c1CN([13CH]1[13CH2][13CH2][13C](=O)NC1=O)C2=O. The van der Waals surface area contributed by atoms with Crippen molar-refractivity contribution in [1.29, 1.82) is 0 Å². The zero-order valence-electron chi connectivity index (χ0n) is 10.2. The highest BCUT2D eigenvalue weighted by atomic mass is 16.2. The Morgan fingerprint density at radius 2 is 2.05 bits per heavy atom. The number of nitrogens with one attached hydrogen (secondary N) is 1. The molecule has 0 spiro atoms. The fourth-order valence-electron chi connectivity index (χ4n) is 2.61. The maximum Gasteiger partial charge on any atom is 0.255 e. The van der Waals surface area contributed by atoms with Crippen LogP contribution in [0.4, 0.5) is 5.69 Å². The van der Waals surface area contributed by atoms with Crippen LogP contribution >= 0.6 is 0 Å². The van der Waals surface area contributed by atoms with Crippen LogP contribution in [-0.4, -0.2) is 28.7 Å². The summed E-state index contributed by atoms with van der Waals surface area (Å²) >= 11 is 0. The molecule has 2 aliphatic heterocycles. The molecule has 19 heavy (non-hydrogen) atoms. The molecule has 2 heterocycles. The molecule has 0 radical (unpaired) electrons. The zero-order valence-corrected chi connectivity index (χ0v) is 10.2. The Balaban J connectivity index is 1.90. The Labute approximate surface area is 109 Å². The third kappa shape index (κ3) is 1.76. The van der Waals surface area contributed by atoms with Gasteiger partial charge in [-0.3, -0.25) is 19.7 Å². The minimum atomic E-state index is -0.586. The third-order valence-electron chi connectivity index (χ3n) is 3.62. The highest BCUT2D eigenvalue weighted by Crippen LogP contribution is 2.30. The third-order valence-corrected chi connectivity index (χ3v) is 3.62. The van der Waals surface area contributed by atoms with Crippen LogP contribution in [0.2, 0.25) is 0 Å². The topological polar surface area (TPSA) is 92.5 Å². The van der Waals surface area contributed by atoms with E-state index in [1.807, 2.05) is 0 Å². The van der Waals surface area contributed by atoms with Crippen LogP contribution in [0, 0.1) is 0 Å². The van der Waals surface area contributed by atoms with Gasteiger partial charge in [0.2, 0.25) is 11.8 Å². The van der Waals surface area contributed by atoms with Crippen molar-refractivity contribution in [3.8, 4) is 0 Å². The summed E-state index contributed by atoms with van der Waals surface area (Å²) in [5, 5.41) is 2.27. The van der Waals surface area contributed by atoms with E-state index in [2.05, 4.69) is 5.32 Å². The Hall–Kier alpha value is -2.37. The summed E-state index contributed by atoms with van der Waals surface area (Å²) in [7, 11) is 0. The van der Waals surface area contributed by atoms with Crippen molar-refractivity contribution >= 4 is 23.4 Å². The lowest BCUT2D eigenvalue weighted by Gasteiger charge is -2.29. The van der Waals surface area contributed by atoms with Crippen LogP contribution in [0.25, 0.3) is 0 Å². The normalized spacial score (nSPS) is 22.4. The van der Waals surface area contributed by atoms with Gasteiger partial charge in [-0.05, 0) is 18.6 Å². The lowest BCUT2D eigenvalue weighted by Crippen LogP contribution is -2.52. The number of nitrogen functional groups attached to an aromatic ring is 1. The number of rotatable bonds is 1. The summed E-state index contributed by atoms with van der Waals surface area (Å²) in [5.74, 6) is -0.891. The molecular formula is C13H13N3O3. The molecule has 2 aliphatic rings. The maximum absolute atomic E-state index is 12.3. The van der Waals surface area contributed by atoms with E-state index in [9.17, 15) is 14.4 Å². The predicted octanol–water partition coefficient (Wildman–Crippen LogP) is 0.0298. The summed E-state index contributed by atoms with van der Waals surface area (Å²) in [6.45, 7) is 0.327. The van der Waals surface area contributed by atoms with Crippen molar-refractivity contribution in [2.24, 2.45) is 0 Å². The van der Waals surface area contributed by atoms with Crippen LogP contribution in [0.5, 0.6) is 0 Å². The molecule has 1 fully saturated rings. The van der Waals surface area contributed by atoms with Gasteiger partial charge in [0.15, 0.2) is 0 Å². The second-order valence-electron chi connectivity index (χ2n) is 4.77.